The van der Waals surface area contributed by atoms with Crippen molar-refractivity contribution in [1.29, 1.82) is 0 Å². The van der Waals surface area contributed by atoms with E-state index in [1.807, 2.05) is 31.2 Å². The van der Waals surface area contributed by atoms with Crippen molar-refractivity contribution < 1.29 is 19.1 Å². The lowest BCUT2D eigenvalue weighted by Crippen LogP contribution is -2.45. The van der Waals surface area contributed by atoms with Crippen molar-refractivity contribution in [1.82, 2.24) is 10.6 Å². The molecule has 2 aliphatic rings. The first-order valence-electron chi connectivity index (χ1n) is 10.1. The van der Waals surface area contributed by atoms with Crippen molar-refractivity contribution in [2.24, 2.45) is 11.8 Å². The van der Waals surface area contributed by atoms with Crippen LogP contribution in [0.3, 0.4) is 0 Å². The van der Waals surface area contributed by atoms with Crippen LogP contribution in [0.5, 0.6) is 5.75 Å². The molecule has 1 heterocycles. The molecule has 2 N–H and O–H groups in total. The summed E-state index contributed by atoms with van der Waals surface area (Å²) in [6, 6.07) is 6.55. The molecule has 28 heavy (non-hydrogen) atoms. The molecule has 2 amide bonds. The van der Waals surface area contributed by atoms with Crippen LogP contribution in [0.2, 0.25) is 0 Å². The van der Waals surface area contributed by atoms with E-state index in [9.17, 15) is 9.59 Å². The summed E-state index contributed by atoms with van der Waals surface area (Å²) in [6.45, 7) is 8.70. The molecule has 0 saturated heterocycles. The average Bonchev–Trinajstić information content (AvgIpc) is 2.65. The predicted molar refractivity (Wildman–Crippen MR) is 107 cm³/mol. The van der Waals surface area contributed by atoms with Gasteiger partial charge in [-0.15, -0.1) is 0 Å². The zero-order valence-electron chi connectivity index (χ0n) is 17.1. The maximum Gasteiger partial charge on any atom is 0.338 e. The highest BCUT2D eigenvalue weighted by atomic mass is 16.5. The minimum atomic E-state index is -0.545. The van der Waals surface area contributed by atoms with Gasteiger partial charge < -0.3 is 20.1 Å². The van der Waals surface area contributed by atoms with E-state index in [2.05, 4.69) is 24.5 Å². The molecular formula is C22H30N2O4. The Morgan fingerprint density at radius 3 is 2.50 bits per heavy atom. The summed E-state index contributed by atoms with van der Waals surface area (Å²) in [5.74, 6) is 1.58. The van der Waals surface area contributed by atoms with Crippen LogP contribution in [0.15, 0.2) is 35.5 Å². The van der Waals surface area contributed by atoms with Gasteiger partial charge in [-0.1, -0.05) is 26.0 Å². The monoisotopic (exact) mass is 386 g/mol. The number of nitrogens with one attached hydrogen (secondary N) is 2. The molecule has 152 valence electrons. The van der Waals surface area contributed by atoms with E-state index in [0.717, 1.165) is 30.6 Å². The molecule has 1 aliphatic heterocycles. The number of allylic oxidation sites excluding steroid dienone is 1. The third-order valence-electron chi connectivity index (χ3n) is 5.84. The van der Waals surface area contributed by atoms with Crippen LogP contribution in [0, 0.1) is 11.8 Å². The van der Waals surface area contributed by atoms with Crippen LogP contribution in [0.4, 0.5) is 4.79 Å². The number of hydrogen-bond donors (Lipinski definition) is 2. The van der Waals surface area contributed by atoms with Crippen LogP contribution in [-0.4, -0.2) is 24.7 Å². The Bertz CT molecular complexity index is 756. The third-order valence-corrected chi connectivity index (χ3v) is 5.84. The second-order valence-electron chi connectivity index (χ2n) is 7.87. The lowest BCUT2D eigenvalue weighted by atomic mass is 9.80. The standard InChI is InChI=1S/C22H30N2O4/c1-5-27-17-10-7-16(8-11-17)20-19(15(4)23-22(26)24-20)21(25)28-18-9-6-13(2)14(3)12-18/h7-8,10-11,13-14,18,20H,5-6,9,12H2,1-4H3,(H2,23,24,26)/t13-,14-,18-,20+/m1/s1. The number of benzene rings is 1. The molecule has 0 radical (unpaired) electrons. The summed E-state index contributed by atoms with van der Waals surface area (Å²) in [7, 11) is 0. The van der Waals surface area contributed by atoms with Gasteiger partial charge in [0.25, 0.3) is 0 Å². The number of rotatable bonds is 5. The van der Waals surface area contributed by atoms with E-state index < -0.39 is 6.04 Å². The fraction of sp³-hybridized carbons (Fsp3) is 0.545. The van der Waals surface area contributed by atoms with Gasteiger partial charge in [0, 0.05) is 5.70 Å². The zero-order valence-corrected chi connectivity index (χ0v) is 17.1. The quantitative estimate of drug-likeness (QED) is 0.748. The zero-order chi connectivity index (χ0) is 20.3. The molecule has 6 heteroatoms. The number of ether oxygens (including phenoxy) is 2. The molecule has 1 saturated carbocycles. The minimum Gasteiger partial charge on any atom is -0.494 e. The van der Waals surface area contributed by atoms with Gasteiger partial charge >= 0.3 is 12.0 Å². The maximum absolute atomic E-state index is 13.0. The Morgan fingerprint density at radius 1 is 1.14 bits per heavy atom. The van der Waals surface area contributed by atoms with Crippen molar-refractivity contribution in [3.8, 4) is 5.75 Å². The van der Waals surface area contributed by atoms with E-state index in [0.29, 0.717) is 29.7 Å². The Hall–Kier alpha value is -2.50. The lowest BCUT2D eigenvalue weighted by molar-refractivity contribution is -0.147. The number of urea groups is 1. The lowest BCUT2D eigenvalue weighted by Gasteiger charge is -2.33. The summed E-state index contributed by atoms with van der Waals surface area (Å²) in [5.41, 5.74) is 1.80. The van der Waals surface area contributed by atoms with Crippen molar-refractivity contribution in [2.75, 3.05) is 6.61 Å². The van der Waals surface area contributed by atoms with Crippen molar-refractivity contribution >= 4 is 12.0 Å². The van der Waals surface area contributed by atoms with Crippen LogP contribution in [0.1, 0.15) is 58.6 Å². The van der Waals surface area contributed by atoms with Gasteiger partial charge in [-0.3, -0.25) is 0 Å². The van der Waals surface area contributed by atoms with Gasteiger partial charge in [0.15, 0.2) is 0 Å². The molecule has 1 aliphatic carbocycles. The highest BCUT2D eigenvalue weighted by Crippen LogP contribution is 2.33. The number of amides is 2. The summed E-state index contributed by atoms with van der Waals surface area (Å²) in [6.07, 6.45) is 2.76. The van der Waals surface area contributed by atoms with Crippen LogP contribution in [-0.2, 0) is 9.53 Å². The molecule has 1 aromatic rings. The Morgan fingerprint density at radius 2 is 1.86 bits per heavy atom. The normalized spacial score (nSPS) is 27.6. The first kappa shape index (κ1) is 20.2. The Kier molecular flexibility index (Phi) is 6.27. The molecule has 0 unspecified atom stereocenters. The minimum absolute atomic E-state index is 0.0717. The van der Waals surface area contributed by atoms with E-state index >= 15 is 0 Å². The highest BCUT2D eigenvalue weighted by molar-refractivity contribution is 5.95. The van der Waals surface area contributed by atoms with Crippen LogP contribution in [0.25, 0.3) is 0 Å². The Balaban J connectivity index is 1.80. The molecule has 1 fully saturated rings. The van der Waals surface area contributed by atoms with Gasteiger partial charge in [-0.05, 0) is 62.6 Å². The maximum atomic E-state index is 13.0. The summed E-state index contributed by atoms with van der Waals surface area (Å²) >= 11 is 0. The van der Waals surface area contributed by atoms with Crippen molar-refractivity contribution in [3.63, 3.8) is 0 Å². The molecule has 0 spiro atoms. The smallest absolute Gasteiger partial charge is 0.338 e. The van der Waals surface area contributed by atoms with E-state index in [-0.39, 0.29) is 18.1 Å². The molecule has 4 atom stereocenters. The summed E-state index contributed by atoms with van der Waals surface area (Å²) in [4.78, 5) is 25.1. The summed E-state index contributed by atoms with van der Waals surface area (Å²) < 4.78 is 11.3. The molecule has 1 aromatic carbocycles. The van der Waals surface area contributed by atoms with Gasteiger partial charge in [-0.25, -0.2) is 9.59 Å². The molecule has 3 rings (SSSR count). The highest BCUT2D eigenvalue weighted by Gasteiger charge is 2.34. The average molecular weight is 386 g/mol. The van der Waals surface area contributed by atoms with Gasteiger partial charge in [0.1, 0.15) is 11.9 Å². The number of carbonyl (C=O) groups is 2. The van der Waals surface area contributed by atoms with Gasteiger partial charge in [0.05, 0.1) is 18.2 Å². The molecular weight excluding hydrogens is 356 g/mol. The third kappa shape index (κ3) is 4.49. The van der Waals surface area contributed by atoms with E-state index in [4.69, 9.17) is 9.47 Å². The number of hydrogen-bond acceptors (Lipinski definition) is 4. The second kappa shape index (κ2) is 8.67. The first-order chi connectivity index (χ1) is 13.4. The predicted octanol–water partition coefficient (Wildman–Crippen LogP) is 4.08. The van der Waals surface area contributed by atoms with Crippen LogP contribution >= 0.6 is 0 Å². The largest absolute Gasteiger partial charge is 0.494 e. The fourth-order valence-corrected chi connectivity index (χ4v) is 3.96. The van der Waals surface area contributed by atoms with E-state index in [1.54, 1.807) is 6.92 Å². The topological polar surface area (TPSA) is 76.7 Å². The van der Waals surface area contributed by atoms with Gasteiger partial charge in [0.2, 0.25) is 0 Å². The molecule has 0 bridgehead atoms. The second-order valence-corrected chi connectivity index (χ2v) is 7.87. The Labute approximate surface area is 166 Å². The number of esters is 1. The van der Waals surface area contributed by atoms with E-state index in [1.165, 1.54) is 0 Å². The SMILES string of the molecule is CCOc1ccc([C@@H]2NC(=O)NC(C)=C2C(=O)O[C@@H]2CC[C@@H](C)[C@H](C)C2)cc1. The molecule has 0 aromatic heterocycles. The molecule has 6 nitrogen and oxygen atoms in total. The van der Waals surface area contributed by atoms with Crippen molar-refractivity contribution in [2.45, 2.75) is 59.1 Å². The van der Waals surface area contributed by atoms with Crippen LogP contribution < -0.4 is 15.4 Å². The number of carbonyl (C=O) groups excluding carboxylic acids is 2. The summed E-state index contributed by atoms with van der Waals surface area (Å²) in [5, 5.41) is 5.55. The first-order valence-corrected chi connectivity index (χ1v) is 10.1. The van der Waals surface area contributed by atoms with Gasteiger partial charge in [-0.2, -0.15) is 0 Å². The van der Waals surface area contributed by atoms with Crippen molar-refractivity contribution in [3.05, 3.63) is 41.1 Å². The fourth-order valence-electron chi connectivity index (χ4n) is 3.96.